The number of carbonyl (C=O) groups excluding carboxylic acids is 1. The lowest BCUT2D eigenvalue weighted by Crippen LogP contribution is -2.51. The lowest BCUT2D eigenvalue weighted by Gasteiger charge is -2.43. The first kappa shape index (κ1) is 38.1. The van der Waals surface area contributed by atoms with Crippen molar-refractivity contribution in [1.82, 2.24) is 14.9 Å². The maximum absolute atomic E-state index is 13.0. The van der Waals surface area contributed by atoms with Gasteiger partial charge in [0.15, 0.2) is 0 Å². The molecule has 5 rings (SSSR count). The lowest BCUT2D eigenvalue weighted by atomic mass is 9.64. The van der Waals surface area contributed by atoms with Crippen LogP contribution in [0.3, 0.4) is 0 Å². The van der Waals surface area contributed by atoms with Crippen LogP contribution in [0.2, 0.25) is 0 Å². The molecule has 4 aromatic rings. The highest BCUT2D eigenvalue weighted by molar-refractivity contribution is 5.81. The van der Waals surface area contributed by atoms with E-state index in [1.165, 1.54) is 12.3 Å². The van der Waals surface area contributed by atoms with Crippen molar-refractivity contribution in [3.63, 3.8) is 0 Å². The maximum atomic E-state index is 13.0. The maximum Gasteiger partial charge on any atom is 0.471 e. The molecule has 0 saturated carbocycles. The third-order valence-corrected chi connectivity index (χ3v) is 9.15. The molecule has 1 aromatic heterocycles. The second-order valence-corrected chi connectivity index (χ2v) is 12.3. The molecule has 0 bridgehead atoms. The summed E-state index contributed by atoms with van der Waals surface area (Å²) in [5.74, 6) is -0.800. The fraction of sp³-hybridized carbons (Fsp3) is 0.342. The molecular weight excluding hydrogens is 683 g/mol. The molecule has 4 N–H and O–H groups in total. The molecule has 1 aliphatic rings. The highest BCUT2D eigenvalue weighted by Gasteiger charge is 2.52. The lowest BCUT2D eigenvalue weighted by molar-refractivity contribution is -0.173. The summed E-state index contributed by atoms with van der Waals surface area (Å²) >= 11 is 0. The standard InChI is InChI=1S/C38H40F3N3O8/c1-50-28-17-13-26(14-18-28)37(25-11-7-5-8-12-25,27-15-19-29(51-2)20-16-27)33(46)32-30(45)22-31(52-32)44-23-24(34(47)43-36(44)49)10-6-3-4-9-21-42-35(48)38(39,40)41/h5-8,10-20,23,30-33,45-46H,3-4,9,21-22H2,1-2H3,(H,42,48)(H,43,47,49)/t30-,31+,32-,33?/m0/s1. The van der Waals surface area contributed by atoms with Crippen LogP contribution in [-0.4, -0.2) is 70.9 Å². The van der Waals surface area contributed by atoms with Crippen LogP contribution in [0.5, 0.6) is 11.5 Å². The minimum absolute atomic E-state index is 0.0867. The van der Waals surface area contributed by atoms with E-state index < -0.39 is 53.3 Å². The Labute approximate surface area is 297 Å². The van der Waals surface area contributed by atoms with E-state index in [-0.39, 0.29) is 24.9 Å². The van der Waals surface area contributed by atoms with Gasteiger partial charge in [-0.1, -0.05) is 66.7 Å². The Balaban J connectivity index is 1.43. The van der Waals surface area contributed by atoms with Crippen molar-refractivity contribution in [3.05, 3.63) is 134 Å². The number of aromatic amines is 1. The third kappa shape index (κ3) is 8.14. The number of methoxy groups -OCH3 is 2. The predicted octanol–water partition coefficient (Wildman–Crippen LogP) is 4.46. The van der Waals surface area contributed by atoms with Gasteiger partial charge in [-0.25, -0.2) is 4.79 Å². The molecule has 11 nitrogen and oxygen atoms in total. The molecule has 3 aromatic carbocycles. The Kier molecular flexibility index (Phi) is 12.0. The molecule has 0 spiro atoms. The number of unbranched alkanes of at least 4 members (excludes halogenated alkanes) is 2. The number of nitrogens with zero attached hydrogens (tertiary/aromatic N) is 1. The number of aliphatic hydroxyl groups is 2. The van der Waals surface area contributed by atoms with Crippen molar-refractivity contribution < 1.29 is 42.4 Å². The van der Waals surface area contributed by atoms with E-state index >= 15 is 0 Å². The molecule has 14 heteroatoms. The van der Waals surface area contributed by atoms with Gasteiger partial charge in [0.25, 0.3) is 5.56 Å². The minimum Gasteiger partial charge on any atom is -0.497 e. The van der Waals surface area contributed by atoms with Gasteiger partial charge in [-0.05, 0) is 60.2 Å². The molecule has 276 valence electrons. The molecule has 1 aliphatic heterocycles. The van der Waals surface area contributed by atoms with Gasteiger partial charge in [-0.15, -0.1) is 0 Å². The van der Waals surface area contributed by atoms with Crippen LogP contribution in [0.4, 0.5) is 13.2 Å². The number of nitrogens with one attached hydrogen (secondary N) is 2. The van der Waals surface area contributed by atoms with Gasteiger partial charge < -0.3 is 29.7 Å². The molecule has 1 saturated heterocycles. The van der Waals surface area contributed by atoms with Crippen molar-refractivity contribution >= 4 is 12.0 Å². The molecule has 52 heavy (non-hydrogen) atoms. The Morgan fingerprint density at radius 3 is 2.10 bits per heavy atom. The van der Waals surface area contributed by atoms with Gasteiger partial charge in [-0.3, -0.25) is 19.1 Å². The smallest absolute Gasteiger partial charge is 0.471 e. The van der Waals surface area contributed by atoms with E-state index in [4.69, 9.17) is 14.2 Å². The largest absolute Gasteiger partial charge is 0.497 e. The SMILES string of the molecule is COc1ccc(C(c2ccccc2)(c2ccc(OC)cc2)C(O)[C@H]2O[C@@H](n3cc(C=CCCCCNC(=O)C(F)(F)F)c(=O)[nH]c3=O)C[C@@H]2O)cc1. The van der Waals surface area contributed by atoms with Gasteiger partial charge >= 0.3 is 17.8 Å². The van der Waals surface area contributed by atoms with Crippen LogP contribution in [0.15, 0.2) is 101 Å². The van der Waals surface area contributed by atoms with E-state index in [1.54, 1.807) is 49.9 Å². The van der Waals surface area contributed by atoms with Crippen molar-refractivity contribution in [2.24, 2.45) is 0 Å². The second kappa shape index (κ2) is 16.4. The number of halogens is 3. The van der Waals surface area contributed by atoms with Crippen LogP contribution in [0, 0.1) is 0 Å². The summed E-state index contributed by atoms with van der Waals surface area (Å²) in [6.45, 7) is -0.158. The van der Waals surface area contributed by atoms with Gasteiger partial charge in [0.05, 0.1) is 31.3 Å². The monoisotopic (exact) mass is 723 g/mol. The quantitative estimate of drug-likeness (QED) is 0.110. The molecule has 1 fully saturated rings. The number of rotatable bonds is 14. The number of benzene rings is 3. The Morgan fingerprint density at radius 1 is 0.962 bits per heavy atom. The molecular formula is C38H40F3N3O8. The van der Waals surface area contributed by atoms with Crippen LogP contribution in [-0.2, 0) is 14.9 Å². The summed E-state index contributed by atoms with van der Waals surface area (Å²) < 4.78 is 55.3. The number of aliphatic hydroxyl groups excluding tert-OH is 2. The Bertz CT molecular complexity index is 1900. The first-order valence-corrected chi connectivity index (χ1v) is 16.6. The van der Waals surface area contributed by atoms with Crippen molar-refractivity contribution in [2.75, 3.05) is 20.8 Å². The molecule has 0 aliphatic carbocycles. The van der Waals surface area contributed by atoms with Crippen LogP contribution >= 0.6 is 0 Å². The summed E-state index contributed by atoms with van der Waals surface area (Å²) in [7, 11) is 3.10. The number of H-pyrrole nitrogens is 1. The highest BCUT2D eigenvalue weighted by atomic mass is 19.4. The van der Waals surface area contributed by atoms with E-state index in [9.17, 15) is 37.8 Å². The fourth-order valence-electron chi connectivity index (χ4n) is 6.53. The number of allylic oxidation sites excluding steroid dienone is 1. The van der Waals surface area contributed by atoms with Crippen molar-refractivity contribution in [3.8, 4) is 11.5 Å². The number of aromatic nitrogens is 2. The predicted molar refractivity (Wildman–Crippen MR) is 186 cm³/mol. The summed E-state index contributed by atoms with van der Waals surface area (Å²) in [4.78, 5) is 38.9. The van der Waals surface area contributed by atoms with E-state index in [0.29, 0.717) is 41.0 Å². The van der Waals surface area contributed by atoms with Crippen LogP contribution < -0.4 is 26.0 Å². The first-order chi connectivity index (χ1) is 24.9. The number of hydrogen-bond acceptors (Lipinski definition) is 8. The molecule has 0 radical (unpaired) electrons. The zero-order chi connectivity index (χ0) is 37.5. The minimum atomic E-state index is -4.95. The summed E-state index contributed by atoms with van der Waals surface area (Å²) in [6.07, 6.45) is -4.51. The zero-order valence-electron chi connectivity index (χ0n) is 28.5. The second-order valence-electron chi connectivity index (χ2n) is 12.3. The normalized spacial score (nSPS) is 18.3. The zero-order valence-corrected chi connectivity index (χ0v) is 28.5. The topological polar surface area (TPSA) is 152 Å². The number of carbonyl (C=O) groups is 1. The van der Waals surface area contributed by atoms with E-state index in [1.807, 2.05) is 54.6 Å². The van der Waals surface area contributed by atoms with Gasteiger partial charge in [0.1, 0.15) is 29.9 Å². The Morgan fingerprint density at radius 2 is 1.54 bits per heavy atom. The number of hydrogen-bond donors (Lipinski definition) is 4. The van der Waals surface area contributed by atoms with Gasteiger partial charge in [0.2, 0.25) is 0 Å². The van der Waals surface area contributed by atoms with Gasteiger partial charge in [-0.2, -0.15) is 13.2 Å². The van der Waals surface area contributed by atoms with E-state index in [2.05, 4.69) is 4.98 Å². The fourth-order valence-corrected chi connectivity index (χ4v) is 6.53. The molecule has 1 amide bonds. The number of ether oxygens (including phenoxy) is 3. The summed E-state index contributed by atoms with van der Waals surface area (Å²) in [5, 5.41) is 25.9. The first-order valence-electron chi connectivity index (χ1n) is 16.6. The number of amides is 1. The van der Waals surface area contributed by atoms with Gasteiger partial charge in [0, 0.05) is 19.2 Å². The highest BCUT2D eigenvalue weighted by Crippen LogP contribution is 2.47. The van der Waals surface area contributed by atoms with Crippen LogP contribution in [0.1, 0.15) is 54.2 Å². The molecule has 1 unspecified atom stereocenters. The van der Waals surface area contributed by atoms with Crippen LogP contribution in [0.25, 0.3) is 6.08 Å². The third-order valence-electron chi connectivity index (χ3n) is 9.15. The molecule has 2 heterocycles. The summed E-state index contributed by atoms with van der Waals surface area (Å²) in [5.41, 5.74) is -0.613. The number of alkyl halides is 3. The average Bonchev–Trinajstić information content (AvgIpc) is 3.53. The van der Waals surface area contributed by atoms with Crippen molar-refractivity contribution in [2.45, 2.75) is 61.8 Å². The average molecular weight is 724 g/mol. The molecule has 4 atom stereocenters. The summed E-state index contributed by atoms with van der Waals surface area (Å²) in [6, 6.07) is 23.7. The van der Waals surface area contributed by atoms with Crippen molar-refractivity contribution in [1.29, 1.82) is 0 Å². The Hall–Kier alpha value is -5.18. The van der Waals surface area contributed by atoms with E-state index in [0.717, 1.165) is 4.57 Å².